The molecule has 1 aromatic rings. The molecule has 0 heterocycles. The Balaban J connectivity index is 2.71. The molecule has 0 radical (unpaired) electrons. The molecule has 1 aromatic carbocycles. The van der Waals surface area contributed by atoms with Crippen LogP contribution in [0, 0.1) is 15.9 Å². The monoisotopic (exact) mass is 286 g/mol. The van der Waals surface area contributed by atoms with Gasteiger partial charge in [-0.2, -0.15) is 4.39 Å². The van der Waals surface area contributed by atoms with E-state index >= 15 is 0 Å². The van der Waals surface area contributed by atoms with Gasteiger partial charge in [-0.15, -0.1) is 0 Å². The maximum absolute atomic E-state index is 13.4. The molecule has 0 aliphatic heterocycles. The Hall–Kier alpha value is -2.22. The van der Waals surface area contributed by atoms with Gasteiger partial charge in [0, 0.05) is 12.1 Å². The van der Waals surface area contributed by atoms with Crippen molar-refractivity contribution >= 4 is 11.7 Å². The lowest BCUT2D eigenvalue weighted by Crippen LogP contribution is -2.42. The summed E-state index contributed by atoms with van der Waals surface area (Å²) in [6.45, 7) is 2.26. The number of likely N-dealkylation sites (N-methyl/N-ethyl adjacent to an activating group) is 1. The van der Waals surface area contributed by atoms with Gasteiger partial charge >= 0.3 is 11.7 Å². The fraction of sp³-hybridized carbons (Fsp3) is 0.417. The minimum atomic E-state index is -0.995. The van der Waals surface area contributed by atoms with E-state index in [1.165, 1.54) is 13.2 Å². The molecule has 20 heavy (non-hydrogen) atoms. The molecule has 0 amide bonds. The normalized spacial score (nSPS) is 11.8. The van der Waals surface area contributed by atoms with Gasteiger partial charge in [-0.3, -0.25) is 14.9 Å². The summed E-state index contributed by atoms with van der Waals surface area (Å²) in [5, 5.41) is 13.3. The number of nitrogens with one attached hydrogen (secondary N) is 1. The van der Waals surface area contributed by atoms with Gasteiger partial charge in [0.15, 0.2) is 0 Å². The summed E-state index contributed by atoms with van der Waals surface area (Å²) in [4.78, 5) is 21.0. The molecule has 0 saturated carbocycles. The van der Waals surface area contributed by atoms with Crippen molar-refractivity contribution in [1.82, 2.24) is 5.32 Å². The topological polar surface area (TPSA) is 90.7 Å². The Kier molecular flexibility index (Phi) is 5.85. The van der Waals surface area contributed by atoms with Crippen molar-refractivity contribution in [3.63, 3.8) is 0 Å². The lowest BCUT2D eigenvalue weighted by Gasteiger charge is -2.16. The van der Waals surface area contributed by atoms with Gasteiger partial charge in [-0.1, -0.05) is 6.92 Å². The Morgan fingerprint density at radius 1 is 1.55 bits per heavy atom. The molecular formula is C12H15FN2O5. The second-order valence-corrected chi connectivity index (χ2v) is 3.81. The number of benzene rings is 1. The SMILES string of the molecule is CCNC(COc1ccc([N+](=O)[O-])c(F)c1)C(=O)OC. The molecule has 110 valence electrons. The van der Waals surface area contributed by atoms with Crippen LogP contribution >= 0.6 is 0 Å². The summed E-state index contributed by atoms with van der Waals surface area (Å²) in [6.07, 6.45) is 0. The smallest absolute Gasteiger partial charge is 0.326 e. The van der Waals surface area contributed by atoms with Crippen LogP contribution in [0.5, 0.6) is 5.75 Å². The van der Waals surface area contributed by atoms with Crippen LogP contribution in [0.25, 0.3) is 0 Å². The van der Waals surface area contributed by atoms with E-state index in [1.54, 1.807) is 0 Å². The maximum atomic E-state index is 13.4. The number of ether oxygens (including phenoxy) is 2. The molecule has 0 aliphatic rings. The van der Waals surface area contributed by atoms with Crippen LogP contribution in [-0.2, 0) is 9.53 Å². The molecule has 0 saturated heterocycles. The Morgan fingerprint density at radius 2 is 2.25 bits per heavy atom. The van der Waals surface area contributed by atoms with E-state index in [1.807, 2.05) is 6.92 Å². The molecule has 8 heteroatoms. The maximum Gasteiger partial charge on any atom is 0.326 e. The van der Waals surface area contributed by atoms with Crippen molar-refractivity contribution in [1.29, 1.82) is 0 Å². The Morgan fingerprint density at radius 3 is 2.75 bits per heavy atom. The molecule has 1 N–H and O–H groups in total. The van der Waals surface area contributed by atoms with Crippen molar-refractivity contribution in [3.05, 3.63) is 34.1 Å². The van der Waals surface area contributed by atoms with E-state index in [4.69, 9.17) is 4.74 Å². The first-order chi connectivity index (χ1) is 9.49. The highest BCUT2D eigenvalue weighted by molar-refractivity contribution is 5.75. The minimum Gasteiger partial charge on any atom is -0.491 e. The number of halogens is 1. The Bertz CT molecular complexity index is 495. The second-order valence-electron chi connectivity index (χ2n) is 3.81. The fourth-order valence-corrected chi connectivity index (χ4v) is 1.50. The lowest BCUT2D eigenvalue weighted by molar-refractivity contribution is -0.387. The van der Waals surface area contributed by atoms with Gasteiger partial charge in [-0.25, -0.2) is 0 Å². The third kappa shape index (κ3) is 4.16. The molecule has 1 unspecified atom stereocenters. The first kappa shape index (κ1) is 15.8. The first-order valence-corrected chi connectivity index (χ1v) is 5.87. The predicted molar refractivity (Wildman–Crippen MR) is 68.0 cm³/mol. The van der Waals surface area contributed by atoms with Crippen LogP contribution in [0.3, 0.4) is 0 Å². The molecule has 0 aromatic heterocycles. The quantitative estimate of drug-likeness (QED) is 0.461. The summed E-state index contributed by atoms with van der Waals surface area (Å²) in [5.74, 6) is -1.40. The second kappa shape index (κ2) is 7.39. The number of nitro benzene ring substituents is 1. The van der Waals surface area contributed by atoms with Gasteiger partial charge in [0.05, 0.1) is 12.0 Å². The highest BCUT2D eigenvalue weighted by Crippen LogP contribution is 2.22. The zero-order valence-corrected chi connectivity index (χ0v) is 11.1. The fourth-order valence-electron chi connectivity index (χ4n) is 1.50. The van der Waals surface area contributed by atoms with Crippen molar-refractivity contribution in [3.8, 4) is 5.75 Å². The minimum absolute atomic E-state index is 0.0717. The molecule has 0 bridgehead atoms. The molecule has 1 atom stereocenters. The molecule has 0 spiro atoms. The number of esters is 1. The summed E-state index contributed by atoms with van der Waals surface area (Å²) in [6, 6.07) is 2.48. The zero-order valence-electron chi connectivity index (χ0n) is 11.1. The van der Waals surface area contributed by atoms with E-state index in [0.717, 1.165) is 12.1 Å². The number of carbonyl (C=O) groups excluding carboxylic acids is 1. The van der Waals surface area contributed by atoms with Crippen molar-refractivity contribution in [2.24, 2.45) is 0 Å². The number of hydrogen-bond donors (Lipinski definition) is 1. The molecule has 0 aliphatic carbocycles. The van der Waals surface area contributed by atoms with Gasteiger partial charge in [0.1, 0.15) is 18.4 Å². The van der Waals surface area contributed by atoms with Crippen molar-refractivity contribution in [2.75, 3.05) is 20.3 Å². The van der Waals surface area contributed by atoms with Crippen molar-refractivity contribution < 1.29 is 23.6 Å². The van der Waals surface area contributed by atoms with E-state index in [9.17, 15) is 19.3 Å². The zero-order chi connectivity index (χ0) is 15.1. The van der Waals surface area contributed by atoms with Crippen LogP contribution in [0.2, 0.25) is 0 Å². The molecule has 1 rings (SSSR count). The molecule has 0 fully saturated rings. The number of nitro groups is 1. The van der Waals surface area contributed by atoms with Gasteiger partial charge < -0.3 is 14.8 Å². The number of carbonyl (C=O) groups is 1. The van der Waals surface area contributed by atoms with Crippen LogP contribution in [-0.4, -0.2) is 37.2 Å². The van der Waals surface area contributed by atoms with Crippen LogP contribution < -0.4 is 10.1 Å². The summed E-state index contributed by atoms with van der Waals surface area (Å²) < 4.78 is 23.2. The van der Waals surface area contributed by atoms with Gasteiger partial charge in [0.2, 0.25) is 5.82 Å². The average Bonchev–Trinajstić information content (AvgIpc) is 2.42. The van der Waals surface area contributed by atoms with E-state index in [2.05, 4.69) is 10.1 Å². The van der Waals surface area contributed by atoms with E-state index < -0.39 is 28.4 Å². The van der Waals surface area contributed by atoms with Crippen LogP contribution in [0.15, 0.2) is 18.2 Å². The summed E-state index contributed by atoms with van der Waals surface area (Å²) in [5.41, 5.74) is -0.631. The largest absolute Gasteiger partial charge is 0.491 e. The number of methoxy groups -OCH3 is 1. The number of nitrogens with zero attached hydrogens (tertiary/aromatic N) is 1. The van der Waals surface area contributed by atoms with Gasteiger partial charge in [-0.05, 0) is 12.6 Å². The molecule has 7 nitrogen and oxygen atoms in total. The number of rotatable bonds is 7. The lowest BCUT2D eigenvalue weighted by atomic mass is 10.3. The standard InChI is InChI=1S/C12H15FN2O5/c1-3-14-10(12(16)19-2)7-20-8-4-5-11(15(17)18)9(13)6-8/h4-6,10,14H,3,7H2,1-2H3. The molecular weight excluding hydrogens is 271 g/mol. The highest BCUT2D eigenvalue weighted by Gasteiger charge is 2.20. The number of hydrogen-bond acceptors (Lipinski definition) is 6. The Labute approximate surface area is 114 Å². The van der Waals surface area contributed by atoms with E-state index in [-0.39, 0.29) is 12.4 Å². The van der Waals surface area contributed by atoms with Gasteiger partial charge in [0.25, 0.3) is 0 Å². The summed E-state index contributed by atoms with van der Waals surface area (Å²) in [7, 11) is 1.25. The van der Waals surface area contributed by atoms with E-state index in [0.29, 0.717) is 6.54 Å². The first-order valence-electron chi connectivity index (χ1n) is 5.87. The highest BCUT2D eigenvalue weighted by atomic mass is 19.1. The van der Waals surface area contributed by atoms with Crippen LogP contribution in [0.4, 0.5) is 10.1 Å². The third-order valence-corrected chi connectivity index (χ3v) is 2.47. The predicted octanol–water partition coefficient (Wildman–Crippen LogP) is 1.26. The summed E-state index contributed by atoms with van der Waals surface area (Å²) >= 11 is 0. The average molecular weight is 286 g/mol. The third-order valence-electron chi connectivity index (χ3n) is 2.47. The van der Waals surface area contributed by atoms with Crippen LogP contribution in [0.1, 0.15) is 6.92 Å². The van der Waals surface area contributed by atoms with Crippen molar-refractivity contribution in [2.45, 2.75) is 13.0 Å².